The molecule has 1 aromatic heterocycles. The van der Waals surface area contributed by atoms with Crippen LogP contribution in [0.25, 0.3) is 0 Å². The van der Waals surface area contributed by atoms with Crippen molar-refractivity contribution in [2.75, 3.05) is 19.6 Å². The molecule has 180 valence electrons. The average Bonchev–Trinajstić information content (AvgIpc) is 2.82. The summed E-state index contributed by atoms with van der Waals surface area (Å²) >= 11 is 0. The van der Waals surface area contributed by atoms with Crippen LogP contribution in [0.15, 0.2) is 40.9 Å². The van der Waals surface area contributed by atoms with Gasteiger partial charge in [-0.2, -0.15) is 0 Å². The molecule has 0 aromatic carbocycles. The third kappa shape index (κ3) is 6.18. The lowest BCUT2D eigenvalue weighted by Gasteiger charge is -2.48. The normalized spacial score (nSPS) is 19.7. The highest BCUT2D eigenvalue weighted by Crippen LogP contribution is 2.41. The van der Waals surface area contributed by atoms with E-state index in [0.717, 1.165) is 50.2 Å². The molecule has 1 fully saturated rings. The summed E-state index contributed by atoms with van der Waals surface area (Å²) in [6, 6.07) is 3.37. The molecule has 0 saturated carbocycles. The van der Waals surface area contributed by atoms with E-state index >= 15 is 4.39 Å². The number of halogens is 1. The Labute approximate surface area is 195 Å². The van der Waals surface area contributed by atoms with Gasteiger partial charge in [0.05, 0.1) is 19.5 Å². The highest BCUT2D eigenvalue weighted by molar-refractivity contribution is 5.87. The Balaban J connectivity index is 0.00000149. The minimum atomic E-state index is -1.74. The van der Waals surface area contributed by atoms with E-state index in [1.807, 2.05) is 13.8 Å². The number of carboxylic acid groups (broad SMARTS) is 1. The number of nitrogens with one attached hydrogen (secondary N) is 1. The van der Waals surface area contributed by atoms with Crippen LogP contribution in [-0.2, 0) is 9.59 Å². The van der Waals surface area contributed by atoms with Gasteiger partial charge < -0.3 is 15.3 Å². The lowest BCUT2D eigenvalue weighted by Crippen LogP contribution is -2.63. The zero-order valence-corrected chi connectivity index (χ0v) is 19.6. The lowest BCUT2D eigenvalue weighted by molar-refractivity contribution is -0.150. The van der Waals surface area contributed by atoms with Gasteiger partial charge in [-0.3, -0.25) is 14.6 Å². The SMILES string of the molecule is CC.O=C(O)CC(c1cccnc1)C1(F)CN(C(=O)CCCC2=NC3=C(CCCN3)CC2)C1. The molecule has 8 heteroatoms. The van der Waals surface area contributed by atoms with Crippen LogP contribution < -0.4 is 5.32 Å². The second-order valence-electron chi connectivity index (χ2n) is 8.74. The fourth-order valence-corrected chi connectivity index (χ4v) is 4.75. The Kier molecular flexibility index (Phi) is 8.58. The number of aliphatic imine (C=N–C) groups is 1. The first-order valence-electron chi connectivity index (χ1n) is 12.1. The van der Waals surface area contributed by atoms with E-state index in [-0.39, 0.29) is 25.4 Å². The van der Waals surface area contributed by atoms with E-state index in [9.17, 15) is 14.7 Å². The van der Waals surface area contributed by atoms with Crippen LogP contribution in [0, 0.1) is 0 Å². The van der Waals surface area contributed by atoms with Crippen molar-refractivity contribution in [3.8, 4) is 0 Å². The first-order valence-corrected chi connectivity index (χ1v) is 12.1. The molecule has 3 aliphatic heterocycles. The molecule has 3 aliphatic rings. The van der Waals surface area contributed by atoms with Gasteiger partial charge in [-0.15, -0.1) is 0 Å². The minimum Gasteiger partial charge on any atom is -0.481 e. The predicted octanol–water partition coefficient (Wildman–Crippen LogP) is 4.22. The number of rotatable bonds is 8. The predicted molar refractivity (Wildman–Crippen MR) is 126 cm³/mol. The highest BCUT2D eigenvalue weighted by atomic mass is 19.1. The first kappa shape index (κ1) is 24.9. The van der Waals surface area contributed by atoms with Crippen LogP contribution >= 0.6 is 0 Å². The summed E-state index contributed by atoms with van der Waals surface area (Å²) in [5, 5.41) is 12.6. The summed E-state index contributed by atoms with van der Waals surface area (Å²) in [6.07, 6.45) is 8.86. The summed E-state index contributed by atoms with van der Waals surface area (Å²) in [7, 11) is 0. The van der Waals surface area contributed by atoms with Gasteiger partial charge in [0.2, 0.25) is 5.91 Å². The molecule has 2 N–H and O–H groups in total. The zero-order valence-electron chi connectivity index (χ0n) is 19.6. The van der Waals surface area contributed by atoms with E-state index in [2.05, 4.69) is 10.3 Å². The maximum atomic E-state index is 15.5. The molecule has 33 heavy (non-hydrogen) atoms. The Morgan fingerprint density at radius 2 is 2.06 bits per heavy atom. The Morgan fingerprint density at radius 3 is 2.76 bits per heavy atom. The molecular formula is C25H35FN4O3. The maximum absolute atomic E-state index is 15.5. The van der Waals surface area contributed by atoms with Gasteiger partial charge in [-0.05, 0) is 55.7 Å². The van der Waals surface area contributed by atoms with Crippen molar-refractivity contribution in [2.24, 2.45) is 4.99 Å². The number of nitrogens with zero attached hydrogens (tertiary/aromatic N) is 3. The summed E-state index contributed by atoms with van der Waals surface area (Å²) in [5.74, 6) is -0.927. The topological polar surface area (TPSA) is 94.9 Å². The Hall–Kier alpha value is -2.77. The standard InChI is InChI=1S/C23H29FN4O3.C2H6/c24-23(19(12-21(30)31)17-5-2-10-25-13-17)14-28(15-23)20(29)7-1-6-18-9-8-16-4-3-11-26-22(16)27-18;1-2/h2,5,10,13,19,26H,1,3-4,6-9,11-12,14-15H2,(H,30,31);1-2H3. The van der Waals surface area contributed by atoms with Crippen molar-refractivity contribution < 1.29 is 19.1 Å². The molecule has 0 bridgehead atoms. The summed E-state index contributed by atoms with van der Waals surface area (Å²) in [4.78, 5) is 34.0. The maximum Gasteiger partial charge on any atom is 0.304 e. The summed E-state index contributed by atoms with van der Waals surface area (Å²) in [6.45, 7) is 4.83. The number of pyridine rings is 1. The molecule has 4 rings (SSSR count). The molecule has 1 atom stereocenters. The van der Waals surface area contributed by atoms with Gasteiger partial charge in [0.25, 0.3) is 0 Å². The molecule has 1 saturated heterocycles. The molecular weight excluding hydrogens is 423 g/mol. The van der Waals surface area contributed by atoms with Crippen molar-refractivity contribution in [2.45, 2.75) is 76.8 Å². The van der Waals surface area contributed by atoms with Crippen LogP contribution in [-0.4, -0.2) is 57.9 Å². The van der Waals surface area contributed by atoms with Crippen molar-refractivity contribution in [1.29, 1.82) is 0 Å². The molecule has 1 amide bonds. The number of hydrogen-bond acceptors (Lipinski definition) is 5. The Bertz CT molecular complexity index is 894. The fourth-order valence-electron chi connectivity index (χ4n) is 4.75. The van der Waals surface area contributed by atoms with Crippen molar-refractivity contribution in [3.63, 3.8) is 0 Å². The van der Waals surface area contributed by atoms with Gasteiger partial charge in [0.1, 0.15) is 5.82 Å². The minimum absolute atomic E-state index is 0.0697. The summed E-state index contributed by atoms with van der Waals surface area (Å²) in [5.41, 5.74) is 1.36. The van der Waals surface area contributed by atoms with Gasteiger partial charge in [0.15, 0.2) is 5.67 Å². The molecule has 7 nitrogen and oxygen atoms in total. The largest absolute Gasteiger partial charge is 0.481 e. The number of amides is 1. The molecule has 4 heterocycles. The number of allylic oxidation sites excluding steroid dienone is 1. The van der Waals surface area contributed by atoms with Crippen LogP contribution in [0.1, 0.15) is 76.7 Å². The number of carbonyl (C=O) groups excluding carboxylic acids is 1. The molecule has 0 aliphatic carbocycles. The van der Waals surface area contributed by atoms with E-state index < -0.39 is 17.6 Å². The van der Waals surface area contributed by atoms with Crippen LogP contribution in [0.3, 0.4) is 0 Å². The van der Waals surface area contributed by atoms with Gasteiger partial charge in [-0.1, -0.05) is 19.9 Å². The van der Waals surface area contributed by atoms with Gasteiger partial charge in [-0.25, -0.2) is 9.38 Å². The van der Waals surface area contributed by atoms with E-state index in [1.165, 1.54) is 16.7 Å². The van der Waals surface area contributed by atoms with Gasteiger partial charge >= 0.3 is 5.97 Å². The monoisotopic (exact) mass is 458 g/mol. The quantitative estimate of drug-likeness (QED) is 0.608. The lowest BCUT2D eigenvalue weighted by atomic mass is 9.76. The number of alkyl halides is 1. The third-order valence-corrected chi connectivity index (χ3v) is 6.47. The fraction of sp³-hybridized carbons (Fsp3) is 0.600. The molecule has 0 spiro atoms. The number of aromatic nitrogens is 1. The molecule has 1 unspecified atom stereocenters. The third-order valence-electron chi connectivity index (χ3n) is 6.47. The van der Waals surface area contributed by atoms with Crippen LogP contribution in [0.2, 0.25) is 0 Å². The number of carbonyl (C=O) groups is 2. The Morgan fingerprint density at radius 1 is 1.27 bits per heavy atom. The number of aliphatic carboxylic acids is 1. The first-order chi connectivity index (χ1) is 15.9. The second kappa shape index (κ2) is 11.4. The van der Waals surface area contributed by atoms with Crippen molar-refractivity contribution in [3.05, 3.63) is 41.5 Å². The van der Waals surface area contributed by atoms with E-state index in [4.69, 9.17) is 4.99 Å². The highest BCUT2D eigenvalue weighted by Gasteiger charge is 2.52. The average molecular weight is 459 g/mol. The van der Waals surface area contributed by atoms with E-state index in [1.54, 1.807) is 18.3 Å². The number of carboxylic acids is 1. The zero-order chi connectivity index (χ0) is 23.8. The number of likely N-dealkylation sites (tertiary alicyclic amines) is 1. The van der Waals surface area contributed by atoms with Gasteiger partial charge in [0, 0.05) is 37.0 Å². The molecule has 0 radical (unpaired) electrons. The second-order valence-corrected chi connectivity index (χ2v) is 8.74. The van der Waals surface area contributed by atoms with Crippen molar-refractivity contribution in [1.82, 2.24) is 15.2 Å². The van der Waals surface area contributed by atoms with Crippen LogP contribution in [0.4, 0.5) is 4.39 Å². The summed E-state index contributed by atoms with van der Waals surface area (Å²) < 4.78 is 15.5. The van der Waals surface area contributed by atoms with Crippen molar-refractivity contribution >= 4 is 17.6 Å². The number of hydrogen-bond donors (Lipinski definition) is 2. The molecule has 1 aromatic rings. The smallest absolute Gasteiger partial charge is 0.304 e. The van der Waals surface area contributed by atoms with Crippen LogP contribution in [0.5, 0.6) is 0 Å². The van der Waals surface area contributed by atoms with E-state index in [0.29, 0.717) is 18.4 Å².